The van der Waals surface area contributed by atoms with Crippen molar-refractivity contribution in [1.29, 1.82) is 0 Å². The number of hydrogen-bond acceptors (Lipinski definition) is 3. The van der Waals surface area contributed by atoms with E-state index in [4.69, 9.17) is 22.4 Å². The Bertz CT molecular complexity index is 363. The van der Waals surface area contributed by atoms with Crippen molar-refractivity contribution in [1.82, 2.24) is 4.90 Å². The van der Waals surface area contributed by atoms with E-state index in [0.717, 1.165) is 5.76 Å². The monoisotopic (exact) mass is 254 g/mol. The Labute approximate surface area is 107 Å². The Morgan fingerprint density at radius 2 is 2.29 bits per heavy atom. The van der Waals surface area contributed by atoms with Gasteiger partial charge in [0.1, 0.15) is 5.76 Å². The van der Waals surface area contributed by atoms with E-state index in [-0.39, 0.29) is 5.91 Å². The molecule has 0 atom stereocenters. The number of carbonyl (C=O) groups is 1. The summed E-state index contributed by atoms with van der Waals surface area (Å²) in [6, 6.07) is 3.70. The largest absolute Gasteiger partial charge is 0.469 e. The van der Waals surface area contributed by atoms with Gasteiger partial charge in [0.05, 0.1) is 11.3 Å². The molecular formula is C12H18N2O2S. The highest BCUT2D eigenvalue weighted by molar-refractivity contribution is 7.80. The lowest BCUT2D eigenvalue weighted by Crippen LogP contribution is -2.33. The van der Waals surface area contributed by atoms with E-state index in [0.29, 0.717) is 37.3 Å². The average Bonchev–Trinajstić information content (AvgIpc) is 2.79. The summed E-state index contributed by atoms with van der Waals surface area (Å²) in [6.45, 7) is 3.23. The number of furan rings is 1. The number of amides is 1. The van der Waals surface area contributed by atoms with Crippen LogP contribution in [0.15, 0.2) is 22.8 Å². The fourth-order valence-corrected chi connectivity index (χ4v) is 1.64. The second-order valence-corrected chi connectivity index (χ2v) is 4.29. The van der Waals surface area contributed by atoms with Crippen molar-refractivity contribution in [2.75, 3.05) is 13.1 Å². The lowest BCUT2D eigenvalue weighted by molar-refractivity contribution is -0.130. The van der Waals surface area contributed by atoms with Crippen LogP contribution in [0, 0.1) is 0 Å². The predicted octanol–water partition coefficient (Wildman–Crippen LogP) is 1.74. The first-order valence-electron chi connectivity index (χ1n) is 5.72. The molecule has 4 nitrogen and oxygen atoms in total. The van der Waals surface area contributed by atoms with Crippen molar-refractivity contribution < 1.29 is 9.21 Å². The van der Waals surface area contributed by atoms with Gasteiger partial charge in [-0.1, -0.05) is 12.2 Å². The zero-order valence-corrected chi connectivity index (χ0v) is 10.8. The second kappa shape index (κ2) is 7.06. The molecule has 0 spiro atoms. The van der Waals surface area contributed by atoms with Gasteiger partial charge in [0, 0.05) is 32.4 Å². The van der Waals surface area contributed by atoms with Crippen molar-refractivity contribution in [3.63, 3.8) is 0 Å². The summed E-state index contributed by atoms with van der Waals surface area (Å²) in [7, 11) is 0. The van der Waals surface area contributed by atoms with Crippen molar-refractivity contribution in [3.8, 4) is 0 Å². The van der Waals surface area contributed by atoms with Crippen LogP contribution < -0.4 is 5.73 Å². The zero-order valence-electron chi connectivity index (χ0n) is 10.0. The van der Waals surface area contributed by atoms with Gasteiger partial charge in [-0.2, -0.15) is 0 Å². The average molecular weight is 254 g/mol. The summed E-state index contributed by atoms with van der Waals surface area (Å²) < 4.78 is 5.18. The summed E-state index contributed by atoms with van der Waals surface area (Å²) in [5.74, 6) is 0.948. The summed E-state index contributed by atoms with van der Waals surface area (Å²) in [4.78, 5) is 14.1. The topological polar surface area (TPSA) is 59.5 Å². The molecule has 0 aliphatic carbocycles. The first-order valence-corrected chi connectivity index (χ1v) is 6.12. The van der Waals surface area contributed by atoms with E-state index < -0.39 is 0 Å². The quantitative estimate of drug-likeness (QED) is 0.753. The standard InChI is InChI=1S/C12H18N2O2S/c1-2-14(8-7-11(13)17)12(15)6-5-10-4-3-9-16-10/h3-4,9H,2,5-8H2,1H3,(H2,13,17). The van der Waals surface area contributed by atoms with E-state index >= 15 is 0 Å². The molecule has 5 heteroatoms. The second-order valence-electron chi connectivity index (χ2n) is 3.77. The zero-order chi connectivity index (χ0) is 12.7. The van der Waals surface area contributed by atoms with Gasteiger partial charge in [-0.15, -0.1) is 0 Å². The van der Waals surface area contributed by atoms with Gasteiger partial charge in [-0.25, -0.2) is 0 Å². The molecule has 0 aromatic carbocycles. The third-order valence-corrected chi connectivity index (χ3v) is 2.73. The summed E-state index contributed by atoms with van der Waals surface area (Å²) in [5, 5.41) is 0. The van der Waals surface area contributed by atoms with Gasteiger partial charge < -0.3 is 15.1 Å². The third-order valence-electron chi connectivity index (χ3n) is 2.53. The maximum Gasteiger partial charge on any atom is 0.223 e. The van der Waals surface area contributed by atoms with Crippen molar-refractivity contribution in [3.05, 3.63) is 24.2 Å². The highest BCUT2D eigenvalue weighted by atomic mass is 32.1. The molecule has 0 saturated carbocycles. The van der Waals surface area contributed by atoms with E-state index in [1.54, 1.807) is 11.2 Å². The molecule has 0 radical (unpaired) electrons. The lowest BCUT2D eigenvalue weighted by Gasteiger charge is -2.20. The number of thiocarbonyl (C=S) groups is 1. The highest BCUT2D eigenvalue weighted by Gasteiger charge is 2.12. The Morgan fingerprint density at radius 1 is 1.53 bits per heavy atom. The molecule has 1 heterocycles. The number of hydrogen-bond donors (Lipinski definition) is 1. The number of carbonyl (C=O) groups excluding carboxylic acids is 1. The first kappa shape index (κ1) is 13.7. The Balaban J connectivity index is 2.35. The van der Waals surface area contributed by atoms with Gasteiger partial charge in [0.25, 0.3) is 0 Å². The minimum atomic E-state index is 0.111. The van der Waals surface area contributed by atoms with Gasteiger partial charge >= 0.3 is 0 Å². The highest BCUT2D eigenvalue weighted by Crippen LogP contribution is 2.06. The van der Waals surface area contributed by atoms with Crippen LogP contribution in [-0.4, -0.2) is 28.9 Å². The third kappa shape index (κ3) is 4.99. The molecular weight excluding hydrogens is 236 g/mol. The number of aryl methyl sites for hydroxylation is 1. The van der Waals surface area contributed by atoms with E-state index in [2.05, 4.69) is 0 Å². The molecule has 17 heavy (non-hydrogen) atoms. The van der Waals surface area contributed by atoms with Crippen molar-refractivity contribution >= 4 is 23.1 Å². The fourth-order valence-electron chi connectivity index (χ4n) is 1.55. The molecule has 2 N–H and O–H groups in total. The molecule has 0 fully saturated rings. The molecule has 0 aliphatic rings. The van der Waals surface area contributed by atoms with Crippen LogP contribution >= 0.6 is 12.2 Å². The van der Waals surface area contributed by atoms with Crippen molar-refractivity contribution in [2.24, 2.45) is 5.73 Å². The van der Waals surface area contributed by atoms with Crippen LogP contribution in [0.3, 0.4) is 0 Å². The first-order chi connectivity index (χ1) is 8.13. The Hall–Kier alpha value is -1.36. The SMILES string of the molecule is CCN(CCC(N)=S)C(=O)CCc1ccco1. The lowest BCUT2D eigenvalue weighted by atomic mass is 10.2. The summed E-state index contributed by atoms with van der Waals surface area (Å²) in [5.41, 5.74) is 5.43. The number of rotatable bonds is 7. The minimum absolute atomic E-state index is 0.111. The van der Waals surface area contributed by atoms with E-state index in [1.165, 1.54) is 0 Å². The molecule has 1 aromatic rings. The van der Waals surface area contributed by atoms with Crippen LogP contribution in [0.5, 0.6) is 0 Å². The summed E-state index contributed by atoms with van der Waals surface area (Å²) in [6.07, 6.45) is 3.29. The smallest absolute Gasteiger partial charge is 0.223 e. The van der Waals surface area contributed by atoms with Crippen LogP contribution in [-0.2, 0) is 11.2 Å². The molecule has 1 aromatic heterocycles. The van der Waals surface area contributed by atoms with Crippen LogP contribution in [0.25, 0.3) is 0 Å². The molecule has 0 bridgehead atoms. The number of nitrogens with zero attached hydrogens (tertiary/aromatic N) is 1. The van der Waals surface area contributed by atoms with Gasteiger partial charge in [0.2, 0.25) is 5.91 Å². The molecule has 1 amide bonds. The molecule has 0 saturated heterocycles. The normalized spacial score (nSPS) is 10.2. The van der Waals surface area contributed by atoms with E-state index in [1.807, 2.05) is 19.1 Å². The fraction of sp³-hybridized carbons (Fsp3) is 0.500. The molecule has 0 aliphatic heterocycles. The Morgan fingerprint density at radius 3 is 2.82 bits per heavy atom. The van der Waals surface area contributed by atoms with Crippen LogP contribution in [0.2, 0.25) is 0 Å². The van der Waals surface area contributed by atoms with Crippen LogP contribution in [0.1, 0.15) is 25.5 Å². The van der Waals surface area contributed by atoms with Gasteiger partial charge in [0.15, 0.2) is 0 Å². The van der Waals surface area contributed by atoms with Gasteiger partial charge in [-0.05, 0) is 19.1 Å². The predicted molar refractivity (Wildman–Crippen MR) is 70.7 cm³/mol. The maximum absolute atomic E-state index is 11.9. The van der Waals surface area contributed by atoms with Gasteiger partial charge in [-0.3, -0.25) is 4.79 Å². The van der Waals surface area contributed by atoms with Crippen molar-refractivity contribution in [2.45, 2.75) is 26.2 Å². The maximum atomic E-state index is 11.9. The molecule has 94 valence electrons. The molecule has 0 unspecified atom stereocenters. The Kier molecular flexibility index (Phi) is 5.69. The summed E-state index contributed by atoms with van der Waals surface area (Å²) >= 11 is 4.80. The number of nitrogens with two attached hydrogens (primary N) is 1. The van der Waals surface area contributed by atoms with Crippen LogP contribution in [0.4, 0.5) is 0 Å². The molecule has 1 rings (SSSR count). The minimum Gasteiger partial charge on any atom is -0.469 e. The van der Waals surface area contributed by atoms with E-state index in [9.17, 15) is 4.79 Å².